The van der Waals surface area contributed by atoms with Gasteiger partial charge in [0, 0.05) is 31.9 Å². The lowest BCUT2D eigenvalue weighted by molar-refractivity contribution is -0.121. The number of hydrogen-bond acceptors (Lipinski definition) is 5. The van der Waals surface area contributed by atoms with Gasteiger partial charge in [0.15, 0.2) is 11.0 Å². The minimum Gasteiger partial charge on any atom is -0.385 e. The van der Waals surface area contributed by atoms with Gasteiger partial charge < -0.3 is 14.6 Å². The lowest BCUT2D eigenvalue weighted by Crippen LogP contribution is -2.44. The first-order valence-corrected chi connectivity index (χ1v) is 11.9. The number of hydrogen-bond donors (Lipinski definition) is 1. The highest BCUT2D eigenvalue weighted by atomic mass is 35.5. The maximum absolute atomic E-state index is 12.8. The molecule has 0 saturated heterocycles. The van der Waals surface area contributed by atoms with Gasteiger partial charge in [-0.05, 0) is 44.2 Å². The van der Waals surface area contributed by atoms with Crippen LogP contribution in [0.1, 0.15) is 46.0 Å². The third-order valence-electron chi connectivity index (χ3n) is 5.65. The Labute approximate surface area is 188 Å². The fraction of sp³-hybridized carbons (Fsp3) is 0.591. The summed E-state index contributed by atoms with van der Waals surface area (Å²) in [5.41, 5.74) is 0.837. The van der Waals surface area contributed by atoms with Gasteiger partial charge in [-0.25, -0.2) is 0 Å². The average Bonchev–Trinajstić information content (AvgIpc) is 3.12. The number of methoxy groups -OCH3 is 1. The van der Waals surface area contributed by atoms with Crippen LogP contribution >= 0.6 is 23.4 Å². The number of rotatable bonds is 9. The zero-order chi connectivity index (χ0) is 21.5. The molecule has 164 valence electrons. The van der Waals surface area contributed by atoms with E-state index in [1.54, 1.807) is 7.11 Å². The number of nitrogens with zero attached hydrogens (tertiary/aromatic N) is 3. The quantitative estimate of drug-likeness (QED) is 0.438. The van der Waals surface area contributed by atoms with Gasteiger partial charge in [0.25, 0.3) is 0 Å². The van der Waals surface area contributed by atoms with Crippen molar-refractivity contribution in [3.05, 3.63) is 29.3 Å². The summed E-state index contributed by atoms with van der Waals surface area (Å²) >= 11 is 7.84. The summed E-state index contributed by atoms with van der Waals surface area (Å²) in [7, 11) is 1.69. The average molecular weight is 451 g/mol. The van der Waals surface area contributed by atoms with Gasteiger partial charge in [-0.2, -0.15) is 0 Å². The molecule has 1 amide bonds. The van der Waals surface area contributed by atoms with Crippen molar-refractivity contribution in [2.45, 2.75) is 68.9 Å². The smallest absolute Gasteiger partial charge is 0.233 e. The van der Waals surface area contributed by atoms with E-state index >= 15 is 0 Å². The largest absolute Gasteiger partial charge is 0.385 e. The van der Waals surface area contributed by atoms with E-state index in [1.165, 1.54) is 31.0 Å². The maximum Gasteiger partial charge on any atom is 0.233 e. The molecule has 1 heterocycles. The van der Waals surface area contributed by atoms with Gasteiger partial charge in [0.05, 0.1) is 10.3 Å². The number of amides is 1. The second kappa shape index (κ2) is 11.2. The summed E-state index contributed by atoms with van der Waals surface area (Å²) in [5.74, 6) is 1.31. The number of aromatic nitrogens is 3. The first-order chi connectivity index (χ1) is 14.5. The summed E-state index contributed by atoms with van der Waals surface area (Å²) < 4.78 is 7.25. The molecule has 0 aliphatic heterocycles. The molecule has 0 bridgehead atoms. The van der Waals surface area contributed by atoms with Crippen LogP contribution in [-0.4, -0.2) is 45.7 Å². The number of benzene rings is 1. The highest BCUT2D eigenvalue weighted by Crippen LogP contribution is 2.31. The van der Waals surface area contributed by atoms with Crippen molar-refractivity contribution >= 4 is 29.3 Å². The van der Waals surface area contributed by atoms with Gasteiger partial charge in [-0.1, -0.05) is 55.3 Å². The van der Waals surface area contributed by atoms with Crippen molar-refractivity contribution in [3.63, 3.8) is 0 Å². The second-order valence-electron chi connectivity index (χ2n) is 7.92. The summed E-state index contributed by atoms with van der Waals surface area (Å²) in [6.45, 7) is 5.48. The molecule has 6 nitrogen and oxygen atoms in total. The van der Waals surface area contributed by atoms with E-state index in [0.717, 1.165) is 23.6 Å². The van der Waals surface area contributed by atoms with E-state index in [1.807, 2.05) is 35.8 Å². The Hall–Kier alpha value is -1.57. The van der Waals surface area contributed by atoms with E-state index < -0.39 is 0 Å². The normalized spacial score (nSPS) is 20.1. The molecule has 1 aromatic carbocycles. The minimum atomic E-state index is -0.261. The second-order valence-corrected chi connectivity index (χ2v) is 9.64. The maximum atomic E-state index is 12.8. The van der Waals surface area contributed by atoms with Gasteiger partial charge in [0.1, 0.15) is 0 Å². The molecule has 1 aromatic heterocycles. The molecule has 30 heavy (non-hydrogen) atoms. The Morgan fingerprint density at radius 3 is 2.83 bits per heavy atom. The molecule has 3 rings (SSSR count). The lowest BCUT2D eigenvalue weighted by Gasteiger charge is -2.30. The predicted octanol–water partition coefficient (Wildman–Crippen LogP) is 4.81. The third kappa shape index (κ3) is 5.77. The number of halogens is 1. The van der Waals surface area contributed by atoms with Gasteiger partial charge in [0.2, 0.25) is 5.91 Å². The molecule has 1 saturated carbocycles. The monoisotopic (exact) mass is 450 g/mol. The zero-order valence-corrected chi connectivity index (χ0v) is 19.5. The highest BCUT2D eigenvalue weighted by molar-refractivity contribution is 8.00. The van der Waals surface area contributed by atoms with Crippen LogP contribution in [0, 0.1) is 5.92 Å². The number of carbonyl (C=O) groups excluding carboxylic acids is 1. The summed E-state index contributed by atoms with van der Waals surface area (Å²) in [4.78, 5) is 12.8. The van der Waals surface area contributed by atoms with Crippen molar-refractivity contribution in [2.24, 2.45) is 5.92 Å². The molecule has 0 spiro atoms. The summed E-state index contributed by atoms with van der Waals surface area (Å²) in [6.07, 6.45) is 5.51. The molecular formula is C22H31ClN4O2S. The van der Waals surface area contributed by atoms with Gasteiger partial charge in [-0.3, -0.25) is 4.79 Å². The molecule has 1 aliphatic rings. The summed E-state index contributed by atoms with van der Waals surface area (Å²) in [5, 5.41) is 13.1. The van der Waals surface area contributed by atoms with E-state index in [-0.39, 0.29) is 17.2 Å². The molecule has 3 unspecified atom stereocenters. The molecule has 1 fully saturated rings. The number of thioether (sulfide) groups is 1. The number of carbonyl (C=O) groups is 1. The van der Waals surface area contributed by atoms with Crippen molar-refractivity contribution in [3.8, 4) is 11.4 Å². The molecular weight excluding hydrogens is 420 g/mol. The molecule has 8 heteroatoms. The first kappa shape index (κ1) is 23.1. The lowest BCUT2D eigenvalue weighted by atomic mass is 9.86. The van der Waals surface area contributed by atoms with E-state index in [4.69, 9.17) is 16.3 Å². The van der Waals surface area contributed by atoms with Gasteiger partial charge in [-0.15, -0.1) is 10.2 Å². The Morgan fingerprint density at radius 1 is 1.33 bits per heavy atom. The van der Waals surface area contributed by atoms with Crippen LogP contribution in [0.15, 0.2) is 29.4 Å². The molecule has 1 aliphatic carbocycles. The van der Waals surface area contributed by atoms with Crippen LogP contribution in [0.5, 0.6) is 0 Å². The van der Waals surface area contributed by atoms with E-state index in [9.17, 15) is 4.79 Å². The first-order valence-electron chi connectivity index (χ1n) is 10.6. The molecule has 0 radical (unpaired) electrons. The summed E-state index contributed by atoms with van der Waals surface area (Å²) in [6, 6.07) is 7.88. The SMILES string of the molecule is COCCCn1c(SC(C)C(=O)NC2CCCCC2C)nnc1-c1ccccc1Cl. The van der Waals surface area contributed by atoms with Gasteiger partial charge >= 0.3 is 0 Å². The molecule has 3 atom stereocenters. The zero-order valence-electron chi connectivity index (χ0n) is 17.9. The number of nitrogens with one attached hydrogen (secondary N) is 1. The fourth-order valence-electron chi connectivity index (χ4n) is 3.83. The van der Waals surface area contributed by atoms with Crippen molar-refractivity contribution in [1.29, 1.82) is 0 Å². The Balaban J connectivity index is 1.75. The van der Waals surface area contributed by atoms with Crippen LogP contribution in [0.25, 0.3) is 11.4 Å². The number of ether oxygens (including phenoxy) is 1. The minimum absolute atomic E-state index is 0.0597. The van der Waals surface area contributed by atoms with Crippen molar-refractivity contribution in [1.82, 2.24) is 20.1 Å². The van der Waals surface area contributed by atoms with Crippen molar-refractivity contribution < 1.29 is 9.53 Å². The highest BCUT2D eigenvalue weighted by Gasteiger charge is 2.26. The van der Waals surface area contributed by atoms with Crippen LogP contribution in [0.4, 0.5) is 0 Å². The topological polar surface area (TPSA) is 69.0 Å². The predicted molar refractivity (Wildman–Crippen MR) is 122 cm³/mol. The van der Waals surface area contributed by atoms with Crippen LogP contribution in [-0.2, 0) is 16.1 Å². The molecule has 1 N–H and O–H groups in total. The van der Waals surface area contributed by atoms with Crippen LogP contribution < -0.4 is 5.32 Å². The molecule has 2 aromatic rings. The Bertz CT molecular complexity index is 844. The standard InChI is InChI=1S/C22H31ClN4O2S/c1-15-9-4-7-12-19(15)24-21(28)16(2)30-22-26-25-20(27(22)13-8-14-29-3)17-10-5-6-11-18(17)23/h5-6,10-11,15-16,19H,4,7-9,12-14H2,1-3H3,(H,24,28). The fourth-order valence-corrected chi connectivity index (χ4v) is 4.93. The Morgan fingerprint density at radius 2 is 2.10 bits per heavy atom. The van der Waals surface area contributed by atoms with E-state index in [0.29, 0.717) is 29.9 Å². The van der Waals surface area contributed by atoms with Crippen LogP contribution in [0.3, 0.4) is 0 Å². The Kier molecular flexibility index (Phi) is 8.60. The van der Waals surface area contributed by atoms with Crippen molar-refractivity contribution in [2.75, 3.05) is 13.7 Å². The third-order valence-corrected chi connectivity index (χ3v) is 7.06. The van der Waals surface area contributed by atoms with E-state index in [2.05, 4.69) is 22.4 Å². The van der Waals surface area contributed by atoms with Crippen LogP contribution in [0.2, 0.25) is 5.02 Å².